The van der Waals surface area contributed by atoms with E-state index in [1.807, 2.05) is 47.2 Å². The van der Waals surface area contributed by atoms with Crippen molar-refractivity contribution in [3.05, 3.63) is 54.4 Å². The molecule has 0 radical (unpaired) electrons. The standard InChI is InChI=1S/C21H23N5O2/c1-25-15-9-14(10-16(25)13-28-12-15)23-21(27)18-11-26(20-7-4-8-22-24-20)19-6-3-2-5-17(18)19/h2-8,11,14-16H,9-10,12-13H2,1H3,(H,23,27)/t14-,15-,16+. The molecular formula is C21H23N5O2. The Morgan fingerprint density at radius 1 is 1.14 bits per heavy atom. The van der Waals surface area contributed by atoms with Crippen LogP contribution >= 0.6 is 0 Å². The Hall–Kier alpha value is -2.77. The molecule has 2 aliphatic rings. The molecule has 0 unspecified atom stereocenters. The van der Waals surface area contributed by atoms with Gasteiger partial charge in [-0.15, -0.1) is 5.10 Å². The Kier molecular flexibility index (Phi) is 4.33. The predicted molar refractivity (Wildman–Crippen MR) is 106 cm³/mol. The second-order valence-electron chi connectivity index (χ2n) is 7.66. The quantitative estimate of drug-likeness (QED) is 0.756. The van der Waals surface area contributed by atoms with E-state index in [-0.39, 0.29) is 11.9 Å². The Bertz CT molecular complexity index is 988. The van der Waals surface area contributed by atoms with E-state index in [1.165, 1.54) is 0 Å². The van der Waals surface area contributed by atoms with E-state index in [0.717, 1.165) is 37.0 Å². The Balaban J connectivity index is 1.44. The second kappa shape index (κ2) is 7.00. The van der Waals surface area contributed by atoms with Crippen LogP contribution in [0.3, 0.4) is 0 Å². The normalized spacial score (nSPS) is 25.0. The van der Waals surface area contributed by atoms with Gasteiger partial charge in [-0.2, -0.15) is 5.10 Å². The summed E-state index contributed by atoms with van der Waals surface area (Å²) in [7, 11) is 2.16. The van der Waals surface area contributed by atoms with Crippen LogP contribution in [-0.4, -0.2) is 64.0 Å². The number of likely N-dealkylation sites (N-methyl/N-ethyl adjacent to an activating group) is 1. The van der Waals surface area contributed by atoms with Crippen molar-refractivity contribution in [1.82, 2.24) is 25.0 Å². The molecule has 1 N–H and O–H groups in total. The molecule has 2 aromatic heterocycles. The van der Waals surface area contributed by atoms with E-state index in [2.05, 4.69) is 27.5 Å². The highest BCUT2D eigenvalue weighted by Gasteiger charge is 2.37. The van der Waals surface area contributed by atoms with Gasteiger partial charge in [0.1, 0.15) is 0 Å². The summed E-state index contributed by atoms with van der Waals surface area (Å²) < 4.78 is 7.61. The second-order valence-corrected chi connectivity index (χ2v) is 7.66. The van der Waals surface area contributed by atoms with Crippen LogP contribution in [0.4, 0.5) is 0 Å². The monoisotopic (exact) mass is 377 g/mol. The van der Waals surface area contributed by atoms with Crippen molar-refractivity contribution in [1.29, 1.82) is 0 Å². The molecule has 2 fully saturated rings. The number of morpholine rings is 1. The van der Waals surface area contributed by atoms with Crippen LogP contribution in [0.25, 0.3) is 16.7 Å². The van der Waals surface area contributed by atoms with Gasteiger partial charge >= 0.3 is 0 Å². The first-order chi connectivity index (χ1) is 13.7. The Labute approximate surface area is 163 Å². The van der Waals surface area contributed by atoms with E-state index in [9.17, 15) is 4.79 Å². The van der Waals surface area contributed by atoms with Crippen molar-refractivity contribution < 1.29 is 9.53 Å². The third-order valence-corrected chi connectivity index (χ3v) is 5.98. The average molecular weight is 377 g/mol. The molecule has 7 nitrogen and oxygen atoms in total. The van der Waals surface area contributed by atoms with E-state index < -0.39 is 0 Å². The molecule has 5 rings (SSSR count). The lowest BCUT2D eigenvalue weighted by atomic mass is 9.90. The molecule has 3 atom stereocenters. The predicted octanol–water partition coefficient (Wildman–Crippen LogP) is 2.01. The summed E-state index contributed by atoms with van der Waals surface area (Å²) in [5.41, 5.74) is 1.61. The van der Waals surface area contributed by atoms with Crippen LogP contribution in [0.5, 0.6) is 0 Å². The summed E-state index contributed by atoms with van der Waals surface area (Å²) in [5, 5.41) is 12.4. The van der Waals surface area contributed by atoms with Gasteiger partial charge in [-0.1, -0.05) is 18.2 Å². The number of hydrogen-bond donors (Lipinski definition) is 1. The summed E-state index contributed by atoms with van der Waals surface area (Å²) >= 11 is 0. The topological polar surface area (TPSA) is 72.3 Å². The van der Waals surface area contributed by atoms with Crippen LogP contribution in [-0.2, 0) is 4.74 Å². The molecule has 2 bridgehead atoms. The first-order valence-corrected chi connectivity index (χ1v) is 9.69. The summed E-state index contributed by atoms with van der Waals surface area (Å²) in [6.07, 6.45) is 5.34. The number of para-hydroxylation sites is 1. The van der Waals surface area contributed by atoms with Crippen molar-refractivity contribution in [2.75, 3.05) is 20.3 Å². The molecule has 0 saturated carbocycles. The van der Waals surface area contributed by atoms with Gasteiger partial charge in [0, 0.05) is 35.9 Å². The lowest BCUT2D eigenvalue weighted by Gasteiger charge is -2.46. The molecule has 2 aliphatic heterocycles. The lowest BCUT2D eigenvalue weighted by molar-refractivity contribution is -0.0670. The minimum Gasteiger partial charge on any atom is -0.378 e. The number of fused-ring (bicyclic) bond motifs is 3. The SMILES string of the molecule is CN1[C@@H]2COC[C@H]1C[C@@H](NC(=O)c1cn(-c3cccnn3)c3ccccc13)C2. The number of ether oxygens (including phenoxy) is 1. The number of rotatable bonds is 3. The number of nitrogens with zero attached hydrogens (tertiary/aromatic N) is 4. The Morgan fingerprint density at radius 2 is 1.93 bits per heavy atom. The lowest BCUT2D eigenvalue weighted by Crippen LogP contribution is -2.59. The van der Waals surface area contributed by atoms with Gasteiger partial charge in [-0.25, -0.2) is 0 Å². The molecule has 1 aromatic carbocycles. The maximum Gasteiger partial charge on any atom is 0.253 e. The van der Waals surface area contributed by atoms with Gasteiger partial charge in [-0.3, -0.25) is 14.3 Å². The molecule has 7 heteroatoms. The number of carbonyl (C=O) groups excluding carboxylic acids is 1. The van der Waals surface area contributed by atoms with Crippen molar-refractivity contribution in [3.8, 4) is 5.82 Å². The van der Waals surface area contributed by atoms with E-state index in [1.54, 1.807) is 6.20 Å². The van der Waals surface area contributed by atoms with Crippen LogP contribution in [0.1, 0.15) is 23.2 Å². The smallest absolute Gasteiger partial charge is 0.253 e. The highest BCUT2D eigenvalue weighted by atomic mass is 16.5. The van der Waals surface area contributed by atoms with Gasteiger partial charge in [-0.05, 0) is 38.1 Å². The molecule has 144 valence electrons. The number of amides is 1. The number of aromatic nitrogens is 3. The summed E-state index contributed by atoms with van der Waals surface area (Å²) in [6.45, 7) is 1.48. The Morgan fingerprint density at radius 3 is 2.68 bits per heavy atom. The van der Waals surface area contributed by atoms with E-state index >= 15 is 0 Å². The number of benzene rings is 1. The maximum absolute atomic E-state index is 13.2. The van der Waals surface area contributed by atoms with Gasteiger partial charge in [0.05, 0.1) is 24.3 Å². The van der Waals surface area contributed by atoms with E-state index in [4.69, 9.17) is 4.74 Å². The fourth-order valence-corrected chi connectivity index (χ4v) is 4.45. The molecule has 1 amide bonds. The van der Waals surface area contributed by atoms with Gasteiger partial charge in [0.15, 0.2) is 5.82 Å². The molecule has 0 aliphatic carbocycles. The molecule has 2 saturated heterocycles. The summed E-state index contributed by atoms with van der Waals surface area (Å²) in [4.78, 5) is 15.6. The molecular weight excluding hydrogens is 354 g/mol. The summed E-state index contributed by atoms with van der Waals surface area (Å²) in [5.74, 6) is 0.663. The first-order valence-electron chi connectivity index (χ1n) is 9.69. The number of hydrogen-bond acceptors (Lipinski definition) is 5. The van der Waals surface area contributed by atoms with Gasteiger partial charge < -0.3 is 10.1 Å². The highest BCUT2D eigenvalue weighted by molar-refractivity contribution is 6.07. The zero-order valence-electron chi connectivity index (χ0n) is 15.8. The van der Waals surface area contributed by atoms with Crippen molar-refractivity contribution in [3.63, 3.8) is 0 Å². The van der Waals surface area contributed by atoms with Gasteiger partial charge in [0.25, 0.3) is 5.91 Å². The molecule has 4 heterocycles. The third kappa shape index (κ3) is 2.96. The zero-order chi connectivity index (χ0) is 19.1. The molecule has 28 heavy (non-hydrogen) atoms. The highest BCUT2D eigenvalue weighted by Crippen LogP contribution is 2.28. The largest absolute Gasteiger partial charge is 0.378 e. The minimum absolute atomic E-state index is 0.0348. The van der Waals surface area contributed by atoms with Crippen LogP contribution in [0.2, 0.25) is 0 Å². The number of nitrogens with one attached hydrogen (secondary N) is 1. The minimum atomic E-state index is -0.0348. The van der Waals surface area contributed by atoms with E-state index in [0.29, 0.717) is 23.5 Å². The summed E-state index contributed by atoms with van der Waals surface area (Å²) in [6, 6.07) is 12.5. The van der Waals surface area contributed by atoms with Crippen LogP contribution in [0, 0.1) is 0 Å². The molecule has 3 aromatic rings. The maximum atomic E-state index is 13.2. The van der Waals surface area contributed by atoms with Crippen LogP contribution in [0.15, 0.2) is 48.8 Å². The fourth-order valence-electron chi connectivity index (χ4n) is 4.45. The third-order valence-electron chi connectivity index (χ3n) is 5.98. The van der Waals surface area contributed by atoms with Crippen molar-refractivity contribution in [2.45, 2.75) is 31.0 Å². The number of piperidine rings is 1. The molecule has 0 spiro atoms. The average Bonchev–Trinajstić information content (AvgIpc) is 3.09. The van der Waals surface area contributed by atoms with Crippen LogP contribution < -0.4 is 5.32 Å². The zero-order valence-corrected chi connectivity index (χ0v) is 15.8. The van der Waals surface area contributed by atoms with Gasteiger partial charge in [0.2, 0.25) is 0 Å². The first kappa shape index (κ1) is 17.3. The fraction of sp³-hybridized carbons (Fsp3) is 0.381. The van der Waals surface area contributed by atoms with Crippen molar-refractivity contribution >= 4 is 16.8 Å². The van der Waals surface area contributed by atoms with Crippen molar-refractivity contribution in [2.24, 2.45) is 0 Å². The number of carbonyl (C=O) groups is 1.